The number of aromatic nitrogens is 2. The fourth-order valence-electron chi connectivity index (χ4n) is 2.62. The summed E-state index contributed by atoms with van der Waals surface area (Å²) in [6.45, 7) is 4.87. The van der Waals surface area contributed by atoms with Gasteiger partial charge in [0.25, 0.3) is 0 Å². The van der Waals surface area contributed by atoms with Crippen LogP contribution in [0.1, 0.15) is 57.6 Å². The third-order valence-electron chi connectivity index (χ3n) is 3.74. The zero-order valence-corrected chi connectivity index (χ0v) is 12.2. The van der Waals surface area contributed by atoms with E-state index in [1.807, 2.05) is 0 Å². The second kappa shape index (κ2) is 5.90. The van der Waals surface area contributed by atoms with E-state index in [0.717, 1.165) is 32.1 Å². The lowest BCUT2D eigenvalue weighted by atomic mass is 10.0. The lowest BCUT2D eigenvalue weighted by molar-refractivity contribution is -0.385. The molecule has 0 aliphatic heterocycles. The molecule has 1 aliphatic carbocycles. The van der Waals surface area contributed by atoms with Crippen LogP contribution < -0.4 is 0 Å². The van der Waals surface area contributed by atoms with Gasteiger partial charge in [-0.05, 0) is 25.2 Å². The monoisotopic (exact) mass is 285 g/mol. The molecule has 1 aromatic heterocycles. The summed E-state index contributed by atoms with van der Waals surface area (Å²) < 4.78 is 1.60. The molecular weight excluding hydrogens is 266 g/mol. The van der Waals surface area contributed by atoms with Crippen molar-refractivity contribution < 1.29 is 4.92 Å². The molecule has 0 saturated heterocycles. The maximum atomic E-state index is 11.2. The van der Waals surface area contributed by atoms with Crippen molar-refractivity contribution in [2.75, 3.05) is 0 Å². The van der Waals surface area contributed by atoms with Gasteiger partial charge in [-0.3, -0.25) is 10.1 Å². The smallest absolute Gasteiger partial charge is 0.258 e. The van der Waals surface area contributed by atoms with Crippen LogP contribution in [-0.2, 0) is 6.54 Å². The van der Waals surface area contributed by atoms with Crippen molar-refractivity contribution in [1.29, 1.82) is 0 Å². The lowest BCUT2D eigenvalue weighted by Gasteiger charge is -2.05. The molecule has 0 N–H and O–H groups in total. The van der Waals surface area contributed by atoms with E-state index in [1.54, 1.807) is 4.68 Å². The summed E-state index contributed by atoms with van der Waals surface area (Å²) in [5.41, 5.74) is 0.619. The van der Waals surface area contributed by atoms with Gasteiger partial charge in [-0.1, -0.05) is 38.3 Å². The van der Waals surface area contributed by atoms with Gasteiger partial charge in [-0.25, -0.2) is 4.68 Å². The van der Waals surface area contributed by atoms with Gasteiger partial charge < -0.3 is 0 Å². The summed E-state index contributed by atoms with van der Waals surface area (Å²) in [5.74, 6) is 0.729. The van der Waals surface area contributed by atoms with Gasteiger partial charge in [0.1, 0.15) is 5.69 Å². The quantitative estimate of drug-likeness (QED) is 0.603. The van der Waals surface area contributed by atoms with Crippen molar-refractivity contribution in [2.45, 2.75) is 58.4 Å². The summed E-state index contributed by atoms with van der Waals surface area (Å²) >= 11 is 6.15. The van der Waals surface area contributed by atoms with Crippen molar-refractivity contribution in [2.24, 2.45) is 5.92 Å². The van der Waals surface area contributed by atoms with Crippen LogP contribution in [0.4, 0.5) is 5.69 Å². The van der Waals surface area contributed by atoms with Crippen LogP contribution in [0.3, 0.4) is 0 Å². The van der Waals surface area contributed by atoms with E-state index in [1.165, 1.54) is 0 Å². The first-order chi connectivity index (χ1) is 9.00. The fraction of sp³-hybridized carbons (Fsp3) is 0.769. The standard InChI is InChI=1S/C13H20ClN3O2/c1-9(2)7-8-16-13(14)12(17(18)19)11(15-16)10-5-3-4-6-10/h9-10H,3-8H2,1-2H3. The first kappa shape index (κ1) is 14.3. The Morgan fingerprint density at radius 2 is 2.11 bits per heavy atom. The second-order valence-electron chi connectivity index (χ2n) is 5.67. The molecule has 19 heavy (non-hydrogen) atoms. The van der Waals surface area contributed by atoms with E-state index in [4.69, 9.17) is 11.6 Å². The number of hydrogen-bond donors (Lipinski definition) is 0. The molecular formula is C13H20ClN3O2. The number of rotatable bonds is 5. The molecule has 2 rings (SSSR count). The van der Waals surface area contributed by atoms with Gasteiger partial charge in [0.05, 0.1) is 4.92 Å². The van der Waals surface area contributed by atoms with Crippen molar-refractivity contribution >= 4 is 17.3 Å². The highest BCUT2D eigenvalue weighted by Gasteiger charge is 2.33. The lowest BCUT2D eigenvalue weighted by Crippen LogP contribution is -2.04. The Bertz CT molecular complexity index is 465. The van der Waals surface area contributed by atoms with Crippen molar-refractivity contribution in [3.05, 3.63) is 21.0 Å². The van der Waals surface area contributed by atoms with Crippen LogP contribution in [-0.4, -0.2) is 14.7 Å². The summed E-state index contributed by atoms with van der Waals surface area (Å²) in [6, 6.07) is 0. The highest BCUT2D eigenvalue weighted by Crippen LogP contribution is 2.41. The molecule has 1 heterocycles. The molecule has 0 bridgehead atoms. The topological polar surface area (TPSA) is 61.0 Å². The Labute approximate surface area is 118 Å². The van der Waals surface area contributed by atoms with E-state index in [9.17, 15) is 10.1 Å². The van der Waals surface area contributed by atoms with E-state index in [-0.39, 0.29) is 21.7 Å². The van der Waals surface area contributed by atoms with Gasteiger partial charge in [-0.2, -0.15) is 5.10 Å². The Balaban J connectivity index is 2.30. The van der Waals surface area contributed by atoms with E-state index >= 15 is 0 Å². The third kappa shape index (κ3) is 3.08. The van der Waals surface area contributed by atoms with Crippen molar-refractivity contribution in [3.63, 3.8) is 0 Å². The van der Waals surface area contributed by atoms with Crippen LogP contribution in [0.5, 0.6) is 0 Å². The number of halogens is 1. The molecule has 1 aromatic rings. The molecule has 0 aromatic carbocycles. The molecule has 0 spiro atoms. The fourth-order valence-corrected chi connectivity index (χ4v) is 2.91. The predicted octanol–water partition coefficient (Wildman–Crippen LogP) is 4.15. The van der Waals surface area contributed by atoms with Gasteiger partial charge in [0.2, 0.25) is 5.15 Å². The van der Waals surface area contributed by atoms with Gasteiger partial charge in [0, 0.05) is 12.5 Å². The average Bonchev–Trinajstić information content (AvgIpc) is 2.93. The highest BCUT2D eigenvalue weighted by molar-refractivity contribution is 6.31. The largest absolute Gasteiger partial charge is 0.329 e. The van der Waals surface area contributed by atoms with Crippen LogP contribution in [0, 0.1) is 16.0 Å². The molecule has 106 valence electrons. The second-order valence-corrected chi connectivity index (χ2v) is 6.03. The molecule has 0 atom stereocenters. The van der Waals surface area contributed by atoms with Crippen LogP contribution in [0.15, 0.2) is 0 Å². The van der Waals surface area contributed by atoms with E-state index in [0.29, 0.717) is 18.2 Å². The summed E-state index contributed by atoms with van der Waals surface area (Å²) in [4.78, 5) is 10.8. The van der Waals surface area contributed by atoms with E-state index in [2.05, 4.69) is 18.9 Å². The Morgan fingerprint density at radius 3 is 2.63 bits per heavy atom. The molecule has 5 nitrogen and oxygen atoms in total. The summed E-state index contributed by atoms with van der Waals surface area (Å²) in [5, 5.41) is 15.8. The summed E-state index contributed by atoms with van der Waals surface area (Å²) in [7, 11) is 0. The molecule has 0 amide bonds. The molecule has 0 radical (unpaired) electrons. The van der Waals surface area contributed by atoms with E-state index < -0.39 is 0 Å². The predicted molar refractivity (Wildman–Crippen MR) is 74.6 cm³/mol. The first-order valence-corrected chi connectivity index (χ1v) is 7.29. The summed E-state index contributed by atoms with van der Waals surface area (Å²) in [6.07, 6.45) is 5.13. The van der Waals surface area contributed by atoms with Crippen molar-refractivity contribution in [1.82, 2.24) is 9.78 Å². The van der Waals surface area contributed by atoms with Gasteiger partial charge >= 0.3 is 5.69 Å². The van der Waals surface area contributed by atoms with Gasteiger partial charge in [0.15, 0.2) is 0 Å². The van der Waals surface area contributed by atoms with Gasteiger partial charge in [-0.15, -0.1) is 0 Å². The SMILES string of the molecule is CC(C)CCn1nc(C2CCCC2)c([N+](=O)[O-])c1Cl. The highest BCUT2D eigenvalue weighted by atomic mass is 35.5. The molecule has 1 aliphatic rings. The molecule has 1 saturated carbocycles. The Kier molecular flexibility index (Phi) is 4.45. The van der Waals surface area contributed by atoms with Crippen LogP contribution >= 0.6 is 11.6 Å². The number of aryl methyl sites for hydroxylation is 1. The average molecular weight is 286 g/mol. The zero-order valence-electron chi connectivity index (χ0n) is 11.4. The Hall–Kier alpha value is -1.10. The minimum absolute atomic E-state index is 0.0253. The van der Waals surface area contributed by atoms with Crippen LogP contribution in [0.25, 0.3) is 0 Å². The minimum atomic E-state index is -0.380. The number of nitro groups is 1. The third-order valence-corrected chi connectivity index (χ3v) is 4.11. The maximum absolute atomic E-state index is 11.2. The number of hydrogen-bond acceptors (Lipinski definition) is 3. The molecule has 1 fully saturated rings. The zero-order chi connectivity index (χ0) is 14.0. The number of nitrogens with zero attached hydrogens (tertiary/aromatic N) is 3. The molecule has 6 heteroatoms. The van der Waals surface area contributed by atoms with Crippen molar-refractivity contribution in [3.8, 4) is 0 Å². The minimum Gasteiger partial charge on any atom is -0.258 e. The molecule has 0 unspecified atom stereocenters. The normalized spacial score (nSPS) is 16.4. The van der Waals surface area contributed by atoms with Crippen LogP contribution in [0.2, 0.25) is 5.15 Å². The first-order valence-electron chi connectivity index (χ1n) is 6.91. The maximum Gasteiger partial charge on any atom is 0.329 e. The Morgan fingerprint density at radius 1 is 1.47 bits per heavy atom.